The summed E-state index contributed by atoms with van der Waals surface area (Å²) >= 11 is 0. The highest BCUT2D eigenvalue weighted by Gasteiger charge is 1.99. The zero-order valence-electron chi connectivity index (χ0n) is 13.7. The molecular formula is C19H23FO4. The molecule has 0 saturated carbocycles. The van der Waals surface area contributed by atoms with E-state index in [0.29, 0.717) is 12.8 Å². The highest BCUT2D eigenvalue weighted by Crippen LogP contribution is 2.02. The number of carbonyl (C=O) groups is 2. The maximum absolute atomic E-state index is 10.8. The fourth-order valence-corrected chi connectivity index (χ4v) is 1.89. The van der Waals surface area contributed by atoms with Gasteiger partial charge in [0.15, 0.2) is 0 Å². The van der Waals surface area contributed by atoms with Gasteiger partial charge in [-0.3, -0.25) is 14.3 Å². The van der Waals surface area contributed by atoms with Crippen LogP contribution in [0.15, 0.2) is 60.7 Å². The lowest BCUT2D eigenvalue weighted by Gasteiger charge is -1.98. The van der Waals surface area contributed by atoms with Crippen LogP contribution in [0.25, 0.3) is 0 Å². The van der Waals surface area contributed by atoms with Crippen molar-refractivity contribution in [3.8, 4) is 0 Å². The van der Waals surface area contributed by atoms with E-state index in [1.165, 1.54) is 12.7 Å². The molecule has 5 heteroatoms. The number of aryl methyl sites for hydroxylation is 2. The van der Waals surface area contributed by atoms with E-state index in [4.69, 9.17) is 5.11 Å². The maximum atomic E-state index is 10.8. The van der Waals surface area contributed by atoms with E-state index in [-0.39, 0.29) is 17.1 Å². The summed E-state index contributed by atoms with van der Waals surface area (Å²) in [5, 5.41) is 8.37. The van der Waals surface area contributed by atoms with Crippen molar-refractivity contribution in [2.45, 2.75) is 25.7 Å². The van der Waals surface area contributed by atoms with Gasteiger partial charge in [0.2, 0.25) is 0 Å². The smallest absolute Gasteiger partial charge is 0.305 e. The molecule has 2 aromatic carbocycles. The van der Waals surface area contributed by atoms with Gasteiger partial charge in [-0.25, -0.2) is 0 Å². The number of ether oxygens (including phenoxy) is 1. The summed E-state index contributed by atoms with van der Waals surface area (Å²) in [6.45, 7) is 0. The van der Waals surface area contributed by atoms with E-state index < -0.39 is 5.97 Å². The number of esters is 1. The third-order valence-corrected chi connectivity index (χ3v) is 3.16. The molecule has 0 aliphatic carbocycles. The fourth-order valence-electron chi connectivity index (χ4n) is 1.89. The van der Waals surface area contributed by atoms with Gasteiger partial charge in [-0.15, -0.1) is 0 Å². The SMILES string of the molecule is COC(=O)CCc1ccccc1.F.O=C(O)CCc1ccccc1. The number of aliphatic carboxylic acids is 1. The first-order valence-electron chi connectivity index (χ1n) is 7.48. The van der Waals surface area contributed by atoms with Crippen LogP contribution in [0.3, 0.4) is 0 Å². The quantitative estimate of drug-likeness (QED) is 0.819. The number of hydrogen-bond donors (Lipinski definition) is 1. The monoisotopic (exact) mass is 334 g/mol. The van der Waals surface area contributed by atoms with Crippen molar-refractivity contribution < 1.29 is 24.1 Å². The second kappa shape index (κ2) is 12.8. The molecule has 0 fully saturated rings. The average Bonchev–Trinajstić information content (AvgIpc) is 2.60. The Morgan fingerprint density at radius 2 is 1.25 bits per heavy atom. The van der Waals surface area contributed by atoms with Crippen LogP contribution in [-0.2, 0) is 27.2 Å². The van der Waals surface area contributed by atoms with Crippen LogP contribution in [0.1, 0.15) is 24.0 Å². The molecule has 4 nitrogen and oxygen atoms in total. The van der Waals surface area contributed by atoms with Crippen molar-refractivity contribution >= 4 is 11.9 Å². The Balaban J connectivity index is 0.000000425. The van der Waals surface area contributed by atoms with Crippen LogP contribution >= 0.6 is 0 Å². The third kappa shape index (κ3) is 10.1. The molecule has 0 aliphatic rings. The zero-order chi connectivity index (χ0) is 16.9. The molecule has 0 aliphatic heterocycles. The number of halogens is 1. The van der Waals surface area contributed by atoms with Gasteiger partial charge in [-0.2, -0.15) is 0 Å². The van der Waals surface area contributed by atoms with Gasteiger partial charge in [0.05, 0.1) is 7.11 Å². The van der Waals surface area contributed by atoms with Crippen molar-refractivity contribution in [2.75, 3.05) is 7.11 Å². The Labute approximate surface area is 141 Å². The average molecular weight is 334 g/mol. The van der Waals surface area contributed by atoms with Crippen molar-refractivity contribution in [3.05, 3.63) is 71.8 Å². The molecule has 0 amide bonds. The number of carbonyl (C=O) groups excluding carboxylic acids is 1. The topological polar surface area (TPSA) is 63.6 Å². The Bertz CT molecular complexity index is 585. The predicted molar refractivity (Wildman–Crippen MR) is 91.7 cm³/mol. The van der Waals surface area contributed by atoms with Crippen molar-refractivity contribution in [2.24, 2.45) is 0 Å². The highest BCUT2D eigenvalue weighted by atomic mass is 19.0. The summed E-state index contributed by atoms with van der Waals surface area (Å²) in [5.41, 5.74) is 2.25. The van der Waals surface area contributed by atoms with Crippen LogP contribution in [-0.4, -0.2) is 24.2 Å². The van der Waals surface area contributed by atoms with Gasteiger partial charge in [-0.05, 0) is 24.0 Å². The lowest BCUT2D eigenvalue weighted by molar-refractivity contribution is -0.140. The summed E-state index contributed by atoms with van der Waals surface area (Å²) in [6.07, 6.45) is 2.05. The molecule has 1 N–H and O–H groups in total. The lowest BCUT2D eigenvalue weighted by Crippen LogP contribution is -2.01. The minimum atomic E-state index is -0.742. The molecule has 0 bridgehead atoms. The first-order chi connectivity index (χ1) is 11.1. The molecule has 0 saturated heterocycles. The van der Waals surface area contributed by atoms with E-state index >= 15 is 0 Å². The zero-order valence-corrected chi connectivity index (χ0v) is 13.7. The van der Waals surface area contributed by atoms with E-state index in [0.717, 1.165) is 12.0 Å². The summed E-state index contributed by atoms with van der Waals surface area (Å²) in [5.74, 6) is -0.896. The number of carboxylic acids is 1. The standard InChI is InChI=1S/C10H12O2.C9H10O2.FH/c1-12-10(11)8-7-9-5-3-2-4-6-9;10-9(11)7-6-8-4-2-1-3-5-8;/h2-6H,7-8H2,1H3;1-5H,6-7H2,(H,10,11);1H. The highest BCUT2D eigenvalue weighted by molar-refractivity contribution is 5.69. The first kappa shape index (κ1) is 21.3. The second-order valence-corrected chi connectivity index (χ2v) is 4.94. The molecule has 130 valence electrons. The Hall–Kier alpha value is -2.69. The molecular weight excluding hydrogens is 311 g/mol. The predicted octanol–water partition coefficient (Wildman–Crippen LogP) is 3.65. The van der Waals surface area contributed by atoms with Gasteiger partial charge in [0, 0.05) is 12.8 Å². The van der Waals surface area contributed by atoms with Gasteiger partial charge < -0.3 is 9.84 Å². The summed E-state index contributed by atoms with van der Waals surface area (Å²) in [6, 6.07) is 19.5. The first-order valence-corrected chi connectivity index (χ1v) is 7.48. The van der Waals surface area contributed by atoms with Crippen molar-refractivity contribution in [3.63, 3.8) is 0 Å². The Kier molecular flexibility index (Phi) is 11.4. The minimum absolute atomic E-state index is 0. The number of hydrogen-bond acceptors (Lipinski definition) is 3. The second-order valence-electron chi connectivity index (χ2n) is 4.94. The van der Waals surface area contributed by atoms with Crippen LogP contribution < -0.4 is 0 Å². The maximum Gasteiger partial charge on any atom is 0.305 e. The fraction of sp³-hybridized carbons (Fsp3) is 0.263. The molecule has 0 unspecified atom stereocenters. The minimum Gasteiger partial charge on any atom is -0.481 e. The van der Waals surface area contributed by atoms with Crippen LogP contribution in [0, 0.1) is 0 Å². The molecule has 0 atom stereocenters. The molecule has 0 aromatic heterocycles. The molecule has 0 radical (unpaired) electrons. The largest absolute Gasteiger partial charge is 0.481 e. The summed E-state index contributed by atoms with van der Waals surface area (Å²) < 4.78 is 4.53. The van der Waals surface area contributed by atoms with Gasteiger partial charge in [0.1, 0.15) is 0 Å². The number of methoxy groups -OCH3 is 1. The van der Waals surface area contributed by atoms with Crippen LogP contribution in [0.2, 0.25) is 0 Å². The van der Waals surface area contributed by atoms with E-state index in [2.05, 4.69) is 4.74 Å². The summed E-state index contributed by atoms with van der Waals surface area (Å²) in [7, 11) is 1.41. The molecule has 2 aromatic rings. The number of carboxylic acid groups (broad SMARTS) is 1. The van der Waals surface area contributed by atoms with Crippen LogP contribution in [0.5, 0.6) is 0 Å². The molecule has 0 heterocycles. The lowest BCUT2D eigenvalue weighted by atomic mass is 10.1. The van der Waals surface area contributed by atoms with Crippen molar-refractivity contribution in [1.29, 1.82) is 0 Å². The van der Waals surface area contributed by atoms with E-state index in [1.807, 2.05) is 60.7 Å². The van der Waals surface area contributed by atoms with Crippen molar-refractivity contribution in [1.82, 2.24) is 0 Å². The number of rotatable bonds is 6. The Morgan fingerprint density at radius 1 is 0.833 bits per heavy atom. The normalized spacial score (nSPS) is 9.04. The van der Waals surface area contributed by atoms with E-state index in [9.17, 15) is 9.59 Å². The van der Waals surface area contributed by atoms with Gasteiger partial charge >= 0.3 is 11.9 Å². The summed E-state index contributed by atoms with van der Waals surface area (Å²) in [4.78, 5) is 20.9. The van der Waals surface area contributed by atoms with Crippen LogP contribution in [0.4, 0.5) is 4.70 Å². The van der Waals surface area contributed by atoms with Gasteiger partial charge in [0.25, 0.3) is 0 Å². The molecule has 2 rings (SSSR count). The molecule has 24 heavy (non-hydrogen) atoms. The van der Waals surface area contributed by atoms with E-state index in [1.54, 1.807) is 0 Å². The third-order valence-electron chi connectivity index (χ3n) is 3.16. The Morgan fingerprint density at radius 3 is 1.62 bits per heavy atom. The van der Waals surface area contributed by atoms with Gasteiger partial charge in [-0.1, -0.05) is 60.7 Å². The molecule has 0 spiro atoms. The number of benzene rings is 2.